The third-order valence-electron chi connectivity index (χ3n) is 5.66. The fraction of sp³-hybridized carbons (Fsp3) is 0.548. The van der Waals surface area contributed by atoms with E-state index in [4.69, 9.17) is 14.5 Å². The first-order valence-corrected chi connectivity index (χ1v) is 13.6. The SMILES string of the molecule is CC.CC1CCC[C@H](OC(=O)Cn2c(-c3ccc(OC(C)(C)C)cc3)nc3ccccc32)C1.CCC. The molecular weight excluding hydrogens is 448 g/mol. The zero-order chi connectivity index (χ0) is 26.7. The Morgan fingerprint density at radius 1 is 1.03 bits per heavy atom. The highest BCUT2D eigenvalue weighted by Crippen LogP contribution is 2.29. The average Bonchev–Trinajstić information content (AvgIpc) is 3.19. The molecule has 1 heterocycles. The predicted molar refractivity (Wildman–Crippen MR) is 150 cm³/mol. The van der Waals surface area contributed by atoms with E-state index in [1.54, 1.807) is 0 Å². The number of para-hydroxylation sites is 2. The summed E-state index contributed by atoms with van der Waals surface area (Å²) in [5.41, 5.74) is 2.49. The Morgan fingerprint density at radius 2 is 1.67 bits per heavy atom. The van der Waals surface area contributed by atoms with Gasteiger partial charge in [-0.2, -0.15) is 0 Å². The molecule has 0 amide bonds. The number of esters is 1. The number of hydrogen-bond acceptors (Lipinski definition) is 4. The van der Waals surface area contributed by atoms with Crippen LogP contribution >= 0.6 is 0 Å². The number of carbonyl (C=O) groups excluding carboxylic acids is 1. The molecule has 198 valence electrons. The minimum Gasteiger partial charge on any atom is -0.488 e. The van der Waals surface area contributed by atoms with Crippen molar-refractivity contribution < 1.29 is 14.3 Å². The smallest absolute Gasteiger partial charge is 0.326 e. The van der Waals surface area contributed by atoms with Crippen LogP contribution in [0.25, 0.3) is 22.4 Å². The molecule has 0 bridgehead atoms. The highest BCUT2D eigenvalue weighted by molar-refractivity contribution is 5.83. The largest absolute Gasteiger partial charge is 0.488 e. The molecule has 1 aliphatic rings. The summed E-state index contributed by atoms with van der Waals surface area (Å²) < 4.78 is 13.7. The first-order chi connectivity index (χ1) is 17.2. The number of carbonyl (C=O) groups is 1. The maximum absolute atomic E-state index is 12.8. The maximum atomic E-state index is 12.8. The Labute approximate surface area is 218 Å². The van der Waals surface area contributed by atoms with Crippen LogP contribution in [-0.4, -0.2) is 27.2 Å². The number of hydrogen-bond donors (Lipinski definition) is 0. The molecule has 1 aliphatic carbocycles. The molecule has 2 aromatic carbocycles. The van der Waals surface area contributed by atoms with Gasteiger partial charge in [0.05, 0.1) is 11.0 Å². The molecule has 5 nitrogen and oxygen atoms in total. The minimum absolute atomic E-state index is 0.0308. The van der Waals surface area contributed by atoms with E-state index in [0.29, 0.717) is 5.92 Å². The van der Waals surface area contributed by atoms with Gasteiger partial charge in [-0.15, -0.1) is 0 Å². The number of nitrogens with zero attached hydrogens (tertiary/aromatic N) is 2. The van der Waals surface area contributed by atoms with E-state index in [9.17, 15) is 4.79 Å². The van der Waals surface area contributed by atoms with Crippen molar-refractivity contribution in [3.63, 3.8) is 0 Å². The number of benzene rings is 2. The topological polar surface area (TPSA) is 53.4 Å². The molecular formula is C31H46N2O3. The van der Waals surface area contributed by atoms with Gasteiger partial charge < -0.3 is 14.0 Å². The van der Waals surface area contributed by atoms with Crippen LogP contribution in [-0.2, 0) is 16.1 Å². The van der Waals surface area contributed by atoms with Crippen LogP contribution in [0.15, 0.2) is 48.5 Å². The zero-order valence-electron chi connectivity index (χ0n) is 23.6. The molecule has 1 unspecified atom stereocenters. The summed E-state index contributed by atoms with van der Waals surface area (Å²) >= 11 is 0. The van der Waals surface area contributed by atoms with E-state index in [2.05, 4.69) is 20.8 Å². The maximum Gasteiger partial charge on any atom is 0.326 e. The van der Waals surface area contributed by atoms with Gasteiger partial charge in [-0.05, 0) is 82.3 Å². The first kappa shape index (κ1) is 29.4. The van der Waals surface area contributed by atoms with E-state index in [1.807, 2.05) is 87.7 Å². The fourth-order valence-corrected chi connectivity index (χ4v) is 4.32. The third-order valence-corrected chi connectivity index (χ3v) is 5.66. The van der Waals surface area contributed by atoms with Crippen LogP contribution in [0.5, 0.6) is 5.75 Å². The van der Waals surface area contributed by atoms with E-state index in [1.165, 1.54) is 12.8 Å². The average molecular weight is 495 g/mol. The Bertz CT molecular complexity index is 1060. The van der Waals surface area contributed by atoms with Gasteiger partial charge >= 0.3 is 5.97 Å². The van der Waals surface area contributed by atoms with Crippen LogP contribution in [0.3, 0.4) is 0 Å². The number of ether oxygens (including phenoxy) is 2. The minimum atomic E-state index is -0.255. The Hall–Kier alpha value is -2.82. The van der Waals surface area contributed by atoms with Crippen LogP contribution in [0.4, 0.5) is 0 Å². The molecule has 0 radical (unpaired) electrons. The quantitative estimate of drug-likeness (QED) is 0.334. The van der Waals surface area contributed by atoms with Crippen molar-refractivity contribution in [2.24, 2.45) is 5.92 Å². The summed E-state index contributed by atoms with van der Waals surface area (Å²) in [5.74, 6) is 1.99. The molecule has 0 saturated heterocycles. The predicted octanol–water partition coefficient (Wildman–Crippen LogP) is 8.45. The molecule has 36 heavy (non-hydrogen) atoms. The lowest BCUT2D eigenvalue weighted by atomic mass is 9.89. The molecule has 0 spiro atoms. The fourth-order valence-electron chi connectivity index (χ4n) is 4.32. The summed E-state index contributed by atoms with van der Waals surface area (Å²) in [5, 5.41) is 0. The molecule has 5 heteroatoms. The van der Waals surface area contributed by atoms with Gasteiger partial charge in [-0.3, -0.25) is 4.79 Å². The van der Waals surface area contributed by atoms with Crippen molar-refractivity contribution in [2.75, 3.05) is 0 Å². The molecule has 0 N–H and O–H groups in total. The van der Waals surface area contributed by atoms with Crippen molar-refractivity contribution in [1.82, 2.24) is 9.55 Å². The molecule has 2 atom stereocenters. The van der Waals surface area contributed by atoms with Crippen molar-refractivity contribution >= 4 is 17.0 Å². The van der Waals surface area contributed by atoms with Crippen molar-refractivity contribution in [2.45, 2.75) is 106 Å². The lowest BCUT2D eigenvalue weighted by Gasteiger charge is -2.26. The van der Waals surface area contributed by atoms with Crippen LogP contribution in [0, 0.1) is 5.92 Å². The number of rotatable bonds is 5. The van der Waals surface area contributed by atoms with Gasteiger partial charge in [0.25, 0.3) is 0 Å². The summed E-state index contributed by atoms with van der Waals surface area (Å²) in [6.07, 6.45) is 5.55. The van der Waals surface area contributed by atoms with Crippen molar-refractivity contribution in [3.8, 4) is 17.1 Å². The van der Waals surface area contributed by atoms with E-state index in [0.717, 1.165) is 47.4 Å². The normalized spacial score (nSPS) is 17.3. The Kier molecular flexibility index (Phi) is 11.5. The second-order valence-electron chi connectivity index (χ2n) is 10.3. The molecule has 0 aliphatic heterocycles. The lowest BCUT2D eigenvalue weighted by Crippen LogP contribution is -2.26. The second-order valence-corrected chi connectivity index (χ2v) is 10.3. The number of aromatic nitrogens is 2. The molecule has 1 aromatic heterocycles. The van der Waals surface area contributed by atoms with Gasteiger partial charge in [-0.1, -0.05) is 59.6 Å². The van der Waals surface area contributed by atoms with Gasteiger partial charge in [-0.25, -0.2) is 4.98 Å². The highest BCUT2D eigenvalue weighted by Gasteiger charge is 2.23. The number of imidazole rings is 1. The van der Waals surface area contributed by atoms with Gasteiger partial charge in [0.15, 0.2) is 0 Å². The molecule has 1 fully saturated rings. The third kappa shape index (κ3) is 8.69. The molecule has 1 saturated carbocycles. The summed E-state index contributed by atoms with van der Waals surface area (Å²) in [7, 11) is 0. The van der Waals surface area contributed by atoms with Crippen molar-refractivity contribution in [1.29, 1.82) is 0 Å². The van der Waals surface area contributed by atoms with Gasteiger partial charge in [0.1, 0.15) is 29.8 Å². The van der Waals surface area contributed by atoms with Gasteiger partial charge in [0.2, 0.25) is 0 Å². The zero-order valence-corrected chi connectivity index (χ0v) is 23.6. The van der Waals surface area contributed by atoms with Crippen LogP contribution in [0.1, 0.15) is 87.5 Å². The summed E-state index contributed by atoms with van der Waals surface area (Å²) in [6, 6.07) is 15.8. The Morgan fingerprint density at radius 3 is 2.28 bits per heavy atom. The van der Waals surface area contributed by atoms with Gasteiger partial charge in [0, 0.05) is 5.56 Å². The van der Waals surface area contributed by atoms with E-state index < -0.39 is 0 Å². The summed E-state index contributed by atoms with van der Waals surface area (Å²) in [6.45, 7) is 16.7. The number of fused-ring (bicyclic) bond motifs is 1. The first-order valence-electron chi connectivity index (χ1n) is 13.6. The summed E-state index contributed by atoms with van der Waals surface area (Å²) in [4.78, 5) is 17.6. The molecule has 3 aromatic rings. The highest BCUT2D eigenvalue weighted by atomic mass is 16.5. The van der Waals surface area contributed by atoms with E-state index >= 15 is 0 Å². The second kappa shape index (κ2) is 14.1. The van der Waals surface area contributed by atoms with Crippen LogP contribution in [0.2, 0.25) is 0 Å². The molecule has 4 rings (SSSR count). The lowest BCUT2D eigenvalue weighted by molar-refractivity contribution is -0.151. The van der Waals surface area contributed by atoms with Crippen molar-refractivity contribution in [3.05, 3.63) is 48.5 Å². The standard InChI is InChI=1S/C26H32N2O3.C3H8.C2H6/c1-18-8-7-9-21(16-18)30-24(29)17-28-23-11-6-5-10-22(23)27-25(28)19-12-14-20(15-13-19)31-26(2,3)4;1-3-2;1-2/h5-6,10-15,18,21H,7-9,16-17H2,1-4H3;3H2,1-2H3;1-2H3/t18?,21-;;/m0../s1. The Balaban J connectivity index is 0.000000850. The monoisotopic (exact) mass is 494 g/mol. The van der Waals surface area contributed by atoms with E-state index in [-0.39, 0.29) is 24.2 Å². The van der Waals surface area contributed by atoms with Crippen LogP contribution < -0.4 is 4.74 Å².